The number of ether oxygens (including phenoxy) is 1. The molecular formula is C12H16F3NO. The van der Waals surface area contributed by atoms with E-state index in [1.807, 2.05) is 6.92 Å². The summed E-state index contributed by atoms with van der Waals surface area (Å²) in [6, 6.07) is 4.68. The zero-order chi connectivity index (χ0) is 12.9. The van der Waals surface area contributed by atoms with E-state index >= 15 is 0 Å². The fourth-order valence-electron chi connectivity index (χ4n) is 1.31. The van der Waals surface area contributed by atoms with Crippen LogP contribution in [0.15, 0.2) is 24.3 Å². The second kappa shape index (κ2) is 5.91. The monoisotopic (exact) mass is 247 g/mol. The van der Waals surface area contributed by atoms with Gasteiger partial charge < -0.3 is 10.5 Å². The van der Waals surface area contributed by atoms with Crippen molar-refractivity contribution < 1.29 is 17.9 Å². The van der Waals surface area contributed by atoms with Gasteiger partial charge in [0.05, 0.1) is 12.2 Å². The van der Waals surface area contributed by atoms with Crippen LogP contribution in [0.3, 0.4) is 0 Å². The van der Waals surface area contributed by atoms with E-state index in [0.29, 0.717) is 18.9 Å². The standard InChI is InChI=1S/C12H16F3NO/c1-2-9(7-16)8-17-11-5-3-10(4-6-11)12(13,14)15/h3-6,9H,2,7-8,16H2,1H3. The van der Waals surface area contributed by atoms with Crippen molar-refractivity contribution in [2.24, 2.45) is 11.7 Å². The van der Waals surface area contributed by atoms with Gasteiger partial charge in [0.25, 0.3) is 0 Å². The van der Waals surface area contributed by atoms with Gasteiger partial charge in [0, 0.05) is 5.92 Å². The van der Waals surface area contributed by atoms with Crippen molar-refractivity contribution in [3.8, 4) is 5.75 Å². The van der Waals surface area contributed by atoms with E-state index in [-0.39, 0.29) is 5.92 Å². The highest BCUT2D eigenvalue weighted by Crippen LogP contribution is 2.30. The number of hydrogen-bond donors (Lipinski definition) is 1. The summed E-state index contributed by atoms with van der Waals surface area (Å²) in [4.78, 5) is 0. The first kappa shape index (κ1) is 13.8. The van der Waals surface area contributed by atoms with E-state index in [1.165, 1.54) is 12.1 Å². The molecule has 2 nitrogen and oxygen atoms in total. The fourth-order valence-corrected chi connectivity index (χ4v) is 1.31. The summed E-state index contributed by atoms with van der Waals surface area (Å²) in [5, 5.41) is 0. The van der Waals surface area contributed by atoms with Crippen LogP contribution in [0.5, 0.6) is 5.75 Å². The molecule has 0 radical (unpaired) electrons. The summed E-state index contributed by atoms with van der Waals surface area (Å²) in [6.45, 7) is 2.93. The zero-order valence-electron chi connectivity index (χ0n) is 9.63. The lowest BCUT2D eigenvalue weighted by Gasteiger charge is -2.14. The smallest absolute Gasteiger partial charge is 0.416 e. The summed E-state index contributed by atoms with van der Waals surface area (Å²) >= 11 is 0. The van der Waals surface area contributed by atoms with Gasteiger partial charge in [-0.05, 0) is 37.2 Å². The maximum atomic E-state index is 12.3. The molecule has 1 aromatic carbocycles. The highest BCUT2D eigenvalue weighted by Gasteiger charge is 2.29. The minimum atomic E-state index is -4.30. The molecule has 0 saturated carbocycles. The molecule has 0 saturated heterocycles. The van der Waals surface area contributed by atoms with E-state index in [1.54, 1.807) is 0 Å². The number of alkyl halides is 3. The van der Waals surface area contributed by atoms with Gasteiger partial charge in [-0.15, -0.1) is 0 Å². The molecule has 0 fully saturated rings. The molecule has 1 aromatic rings. The van der Waals surface area contributed by atoms with Crippen LogP contribution in [0.25, 0.3) is 0 Å². The van der Waals surface area contributed by atoms with Gasteiger partial charge in [-0.1, -0.05) is 6.92 Å². The predicted octanol–water partition coefficient (Wildman–Crippen LogP) is 3.07. The highest BCUT2D eigenvalue weighted by atomic mass is 19.4. The number of nitrogens with two attached hydrogens (primary N) is 1. The van der Waals surface area contributed by atoms with Crippen molar-refractivity contribution in [2.75, 3.05) is 13.2 Å². The Hall–Kier alpha value is -1.23. The van der Waals surface area contributed by atoms with Crippen LogP contribution < -0.4 is 10.5 Å². The summed E-state index contributed by atoms with van der Waals surface area (Å²) in [6.07, 6.45) is -3.42. The molecule has 0 aromatic heterocycles. The molecule has 5 heteroatoms. The molecule has 0 heterocycles. The number of halogens is 3. The number of benzene rings is 1. The number of rotatable bonds is 5. The third-order valence-corrected chi connectivity index (χ3v) is 2.58. The van der Waals surface area contributed by atoms with Crippen LogP contribution in [-0.4, -0.2) is 13.2 Å². The van der Waals surface area contributed by atoms with E-state index in [0.717, 1.165) is 18.6 Å². The predicted molar refractivity (Wildman–Crippen MR) is 59.8 cm³/mol. The molecule has 17 heavy (non-hydrogen) atoms. The summed E-state index contributed by atoms with van der Waals surface area (Å²) in [5.74, 6) is 0.669. The van der Waals surface area contributed by atoms with Crippen molar-refractivity contribution in [3.63, 3.8) is 0 Å². The van der Waals surface area contributed by atoms with Gasteiger partial charge in [-0.3, -0.25) is 0 Å². The van der Waals surface area contributed by atoms with Crippen molar-refractivity contribution in [3.05, 3.63) is 29.8 Å². The molecule has 1 unspecified atom stereocenters. The van der Waals surface area contributed by atoms with Gasteiger partial charge in [0.1, 0.15) is 5.75 Å². The van der Waals surface area contributed by atoms with Gasteiger partial charge in [0.15, 0.2) is 0 Å². The topological polar surface area (TPSA) is 35.2 Å². The minimum Gasteiger partial charge on any atom is -0.493 e. The maximum absolute atomic E-state index is 12.3. The Morgan fingerprint density at radius 1 is 1.24 bits per heavy atom. The molecular weight excluding hydrogens is 231 g/mol. The Labute approximate surface area is 98.6 Å². The molecule has 2 N–H and O–H groups in total. The Bertz CT molecular complexity index is 331. The van der Waals surface area contributed by atoms with Gasteiger partial charge in [-0.25, -0.2) is 0 Å². The van der Waals surface area contributed by atoms with Gasteiger partial charge in [-0.2, -0.15) is 13.2 Å². The van der Waals surface area contributed by atoms with Crippen molar-refractivity contribution in [1.82, 2.24) is 0 Å². The normalized spacial score (nSPS) is 13.5. The zero-order valence-corrected chi connectivity index (χ0v) is 9.63. The Morgan fingerprint density at radius 3 is 2.24 bits per heavy atom. The Morgan fingerprint density at radius 2 is 1.82 bits per heavy atom. The second-order valence-corrected chi connectivity index (χ2v) is 3.84. The second-order valence-electron chi connectivity index (χ2n) is 3.84. The van der Waals surface area contributed by atoms with Crippen molar-refractivity contribution in [1.29, 1.82) is 0 Å². The summed E-state index contributed by atoms with van der Waals surface area (Å²) < 4.78 is 42.2. The van der Waals surface area contributed by atoms with Gasteiger partial charge in [0.2, 0.25) is 0 Å². The Kier molecular flexibility index (Phi) is 4.81. The molecule has 0 aliphatic rings. The molecule has 1 rings (SSSR count). The average Bonchev–Trinajstić information content (AvgIpc) is 2.30. The van der Waals surface area contributed by atoms with E-state index < -0.39 is 11.7 Å². The lowest BCUT2D eigenvalue weighted by Crippen LogP contribution is -2.20. The molecule has 0 spiro atoms. The van der Waals surface area contributed by atoms with Crippen LogP contribution in [0.4, 0.5) is 13.2 Å². The molecule has 0 aliphatic carbocycles. The van der Waals surface area contributed by atoms with E-state index in [4.69, 9.17) is 10.5 Å². The molecule has 0 amide bonds. The van der Waals surface area contributed by atoms with E-state index in [9.17, 15) is 13.2 Å². The lowest BCUT2D eigenvalue weighted by atomic mass is 10.1. The minimum absolute atomic E-state index is 0.234. The first-order valence-corrected chi connectivity index (χ1v) is 5.47. The third kappa shape index (κ3) is 4.26. The third-order valence-electron chi connectivity index (χ3n) is 2.58. The SMILES string of the molecule is CCC(CN)COc1ccc(C(F)(F)F)cc1. The van der Waals surface area contributed by atoms with Gasteiger partial charge >= 0.3 is 6.18 Å². The summed E-state index contributed by atoms with van der Waals surface area (Å²) in [5.41, 5.74) is 4.83. The Balaban J connectivity index is 2.57. The van der Waals surface area contributed by atoms with Crippen LogP contribution in [0.2, 0.25) is 0 Å². The van der Waals surface area contributed by atoms with Crippen LogP contribution in [0.1, 0.15) is 18.9 Å². The molecule has 0 aliphatic heterocycles. The molecule has 1 atom stereocenters. The maximum Gasteiger partial charge on any atom is 0.416 e. The summed E-state index contributed by atoms with van der Waals surface area (Å²) in [7, 11) is 0. The van der Waals surface area contributed by atoms with E-state index in [2.05, 4.69) is 0 Å². The van der Waals surface area contributed by atoms with Crippen LogP contribution in [-0.2, 0) is 6.18 Å². The number of hydrogen-bond acceptors (Lipinski definition) is 2. The first-order valence-electron chi connectivity index (χ1n) is 5.47. The largest absolute Gasteiger partial charge is 0.493 e. The van der Waals surface area contributed by atoms with Crippen molar-refractivity contribution >= 4 is 0 Å². The van der Waals surface area contributed by atoms with Crippen molar-refractivity contribution in [2.45, 2.75) is 19.5 Å². The fraction of sp³-hybridized carbons (Fsp3) is 0.500. The van der Waals surface area contributed by atoms with Crippen LogP contribution in [0, 0.1) is 5.92 Å². The lowest BCUT2D eigenvalue weighted by molar-refractivity contribution is -0.137. The first-order chi connectivity index (χ1) is 7.97. The quantitative estimate of drug-likeness (QED) is 0.867. The highest BCUT2D eigenvalue weighted by molar-refractivity contribution is 5.28. The molecule has 0 bridgehead atoms. The van der Waals surface area contributed by atoms with Crippen LogP contribution >= 0.6 is 0 Å². The average molecular weight is 247 g/mol. The molecule has 96 valence electrons.